The van der Waals surface area contributed by atoms with Crippen LogP contribution in [0.4, 0.5) is 5.82 Å². The highest BCUT2D eigenvalue weighted by molar-refractivity contribution is 5.85. The van der Waals surface area contributed by atoms with Gasteiger partial charge in [-0.3, -0.25) is 4.79 Å². The number of hydrogen-bond donors (Lipinski definition) is 2. The standard InChI is InChI=1S/C7H12N4O2.ClH/c1-2-13-7(12)3-4-8-6-5-9-11-10-6;/h5H,2-4H2,1H3,(H2,8,9,10,11);1H. The number of nitrogens with zero attached hydrogens (tertiary/aromatic N) is 2. The molecule has 1 heterocycles. The minimum absolute atomic E-state index is 0. The molecular formula is C7H13ClN4O2. The molecule has 1 aromatic heterocycles. The highest BCUT2D eigenvalue weighted by atomic mass is 35.5. The molecule has 0 aliphatic carbocycles. The van der Waals surface area contributed by atoms with Gasteiger partial charge in [0, 0.05) is 6.54 Å². The third-order valence-corrected chi connectivity index (χ3v) is 1.36. The average molecular weight is 221 g/mol. The zero-order chi connectivity index (χ0) is 9.52. The van der Waals surface area contributed by atoms with Crippen LogP contribution in [0.1, 0.15) is 13.3 Å². The quantitative estimate of drug-likeness (QED) is 0.710. The monoisotopic (exact) mass is 220 g/mol. The van der Waals surface area contributed by atoms with Gasteiger partial charge in [0.1, 0.15) is 0 Å². The molecule has 2 N–H and O–H groups in total. The lowest BCUT2D eigenvalue weighted by Crippen LogP contribution is -2.11. The fourth-order valence-electron chi connectivity index (χ4n) is 0.813. The Kier molecular flexibility index (Phi) is 6.47. The van der Waals surface area contributed by atoms with E-state index in [1.165, 1.54) is 0 Å². The molecule has 0 atom stereocenters. The van der Waals surface area contributed by atoms with Gasteiger partial charge in [0.25, 0.3) is 0 Å². The SMILES string of the molecule is CCOC(=O)CCNc1cn[nH]n1.Cl. The molecule has 14 heavy (non-hydrogen) atoms. The highest BCUT2D eigenvalue weighted by Gasteiger charge is 2.01. The van der Waals surface area contributed by atoms with Crippen LogP contribution in [0.2, 0.25) is 0 Å². The predicted molar refractivity (Wildman–Crippen MR) is 53.4 cm³/mol. The summed E-state index contributed by atoms with van der Waals surface area (Å²) in [6.07, 6.45) is 1.88. The van der Waals surface area contributed by atoms with Crippen molar-refractivity contribution in [2.24, 2.45) is 0 Å². The summed E-state index contributed by atoms with van der Waals surface area (Å²) in [5, 5.41) is 12.7. The number of aromatic nitrogens is 3. The molecule has 0 aliphatic rings. The van der Waals surface area contributed by atoms with Gasteiger partial charge >= 0.3 is 5.97 Å². The number of carbonyl (C=O) groups is 1. The third-order valence-electron chi connectivity index (χ3n) is 1.36. The Morgan fingerprint density at radius 2 is 2.50 bits per heavy atom. The van der Waals surface area contributed by atoms with Crippen molar-refractivity contribution < 1.29 is 9.53 Å². The van der Waals surface area contributed by atoms with Gasteiger partial charge in [0.15, 0.2) is 5.82 Å². The van der Waals surface area contributed by atoms with E-state index < -0.39 is 0 Å². The van der Waals surface area contributed by atoms with Gasteiger partial charge in [0.2, 0.25) is 0 Å². The second kappa shape index (κ2) is 7.14. The minimum atomic E-state index is -0.210. The largest absolute Gasteiger partial charge is 0.466 e. The third kappa shape index (κ3) is 4.66. The van der Waals surface area contributed by atoms with E-state index >= 15 is 0 Å². The first kappa shape index (κ1) is 12.7. The van der Waals surface area contributed by atoms with Crippen LogP contribution in [0.5, 0.6) is 0 Å². The number of aromatic amines is 1. The molecule has 0 aliphatic heterocycles. The summed E-state index contributed by atoms with van der Waals surface area (Å²) in [4.78, 5) is 10.9. The fraction of sp³-hybridized carbons (Fsp3) is 0.571. The van der Waals surface area contributed by atoms with Crippen molar-refractivity contribution >= 4 is 24.2 Å². The lowest BCUT2D eigenvalue weighted by molar-refractivity contribution is -0.142. The lowest BCUT2D eigenvalue weighted by atomic mass is 10.4. The summed E-state index contributed by atoms with van der Waals surface area (Å²) < 4.78 is 4.74. The average Bonchev–Trinajstić information content (AvgIpc) is 2.57. The van der Waals surface area contributed by atoms with E-state index in [0.717, 1.165) is 0 Å². The number of esters is 1. The van der Waals surface area contributed by atoms with Crippen molar-refractivity contribution in [2.45, 2.75) is 13.3 Å². The number of H-pyrrole nitrogens is 1. The molecule has 0 fully saturated rings. The van der Waals surface area contributed by atoms with Crippen molar-refractivity contribution in [3.63, 3.8) is 0 Å². The van der Waals surface area contributed by atoms with Gasteiger partial charge in [-0.25, -0.2) is 0 Å². The molecular weight excluding hydrogens is 208 g/mol. The van der Waals surface area contributed by atoms with Crippen LogP contribution in [0.15, 0.2) is 6.20 Å². The van der Waals surface area contributed by atoms with E-state index in [9.17, 15) is 4.79 Å². The number of ether oxygens (including phenoxy) is 1. The zero-order valence-electron chi connectivity index (χ0n) is 7.82. The van der Waals surface area contributed by atoms with Gasteiger partial charge in [0.05, 0.1) is 19.2 Å². The molecule has 0 saturated heterocycles. The summed E-state index contributed by atoms with van der Waals surface area (Å²) >= 11 is 0. The first-order valence-corrected chi connectivity index (χ1v) is 4.08. The van der Waals surface area contributed by atoms with Crippen molar-refractivity contribution in [2.75, 3.05) is 18.5 Å². The minimum Gasteiger partial charge on any atom is -0.466 e. The number of hydrogen-bond acceptors (Lipinski definition) is 5. The van der Waals surface area contributed by atoms with E-state index in [-0.39, 0.29) is 18.4 Å². The number of anilines is 1. The highest BCUT2D eigenvalue weighted by Crippen LogP contribution is 1.96. The Bertz CT molecular complexity index is 252. The summed E-state index contributed by atoms with van der Waals surface area (Å²) in [5.74, 6) is 0.419. The molecule has 0 spiro atoms. The molecule has 0 aromatic carbocycles. The van der Waals surface area contributed by atoms with E-state index in [1.807, 2.05) is 0 Å². The molecule has 7 heteroatoms. The number of halogens is 1. The lowest BCUT2D eigenvalue weighted by Gasteiger charge is -2.01. The number of rotatable bonds is 5. The molecule has 80 valence electrons. The molecule has 0 radical (unpaired) electrons. The fourth-order valence-corrected chi connectivity index (χ4v) is 0.813. The van der Waals surface area contributed by atoms with E-state index in [2.05, 4.69) is 20.7 Å². The Morgan fingerprint density at radius 1 is 1.71 bits per heavy atom. The summed E-state index contributed by atoms with van der Waals surface area (Å²) in [7, 11) is 0. The van der Waals surface area contributed by atoms with Crippen LogP contribution in [0.25, 0.3) is 0 Å². The smallest absolute Gasteiger partial charge is 0.307 e. The van der Waals surface area contributed by atoms with Crippen molar-refractivity contribution in [1.82, 2.24) is 15.4 Å². The summed E-state index contributed by atoms with van der Waals surface area (Å²) in [6, 6.07) is 0. The topological polar surface area (TPSA) is 79.9 Å². The molecule has 1 aromatic rings. The van der Waals surface area contributed by atoms with Gasteiger partial charge in [-0.2, -0.15) is 10.3 Å². The zero-order valence-corrected chi connectivity index (χ0v) is 8.63. The number of carbonyl (C=O) groups excluding carboxylic acids is 1. The van der Waals surface area contributed by atoms with Crippen LogP contribution >= 0.6 is 12.4 Å². The number of nitrogens with one attached hydrogen (secondary N) is 2. The van der Waals surface area contributed by atoms with Gasteiger partial charge in [-0.05, 0) is 6.92 Å². The van der Waals surface area contributed by atoms with Crippen LogP contribution in [0, 0.1) is 0 Å². The molecule has 0 saturated carbocycles. The van der Waals surface area contributed by atoms with Crippen LogP contribution in [-0.4, -0.2) is 34.5 Å². The normalized spacial score (nSPS) is 8.93. The van der Waals surface area contributed by atoms with Crippen molar-refractivity contribution in [3.8, 4) is 0 Å². The maximum atomic E-state index is 10.9. The van der Waals surface area contributed by atoms with Gasteiger partial charge in [-0.15, -0.1) is 17.5 Å². The van der Waals surface area contributed by atoms with Crippen LogP contribution in [-0.2, 0) is 9.53 Å². The van der Waals surface area contributed by atoms with E-state index in [4.69, 9.17) is 4.74 Å². The maximum Gasteiger partial charge on any atom is 0.307 e. The molecule has 6 nitrogen and oxygen atoms in total. The maximum absolute atomic E-state index is 10.9. The molecule has 0 unspecified atom stereocenters. The van der Waals surface area contributed by atoms with Gasteiger partial charge < -0.3 is 10.1 Å². The van der Waals surface area contributed by atoms with Crippen LogP contribution < -0.4 is 5.32 Å². The Morgan fingerprint density at radius 3 is 3.07 bits per heavy atom. The second-order valence-electron chi connectivity index (χ2n) is 2.34. The predicted octanol–water partition coefficient (Wildman–Crippen LogP) is 0.592. The Labute approximate surface area is 87.8 Å². The molecule has 0 bridgehead atoms. The van der Waals surface area contributed by atoms with Crippen LogP contribution in [0.3, 0.4) is 0 Å². The molecule has 0 amide bonds. The first-order chi connectivity index (χ1) is 6.33. The second-order valence-corrected chi connectivity index (χ2v) is 2.34. The first-order valence-electron chi connectivity index (χ1n) is 4.08. The van der Waals surface area contributed by atoms with Gasteiger partial charge in [-0.1, -0.05) is 0 Å². The summed E-state index contributed by atoms with van der Waals surface area (Å²) in [6.45, 7) is 2.71. The molecule has 1 rings (SSSR count). The Hall–Kier alpha value is -1.30. The van der Waals surface area contributed by atoms with Crippen molar-refractivity contribution in [3.05, 3.63) is 6.20 Å². The Balaban J connectivity index is 0.00000169. The van der Waals surface area contributed by atoms with E-state index in [1.54, 1.807) is 13.1 Å². The van der Waals surface area contributed by atoms with Crippen molar-refractivity contribution in [1.29, 1.82) is 0 Å². The summed E-state index contributed by atoms with van der Waals surface area (Å²) in [5.41, 5.74) is 0. The van der Waals surface area contributed by atoms with E-state index in [0.29, 0.717) is 25.4 Å².